The van der Waals surface area contributed by atoms with Crippen molar-refractivity contribution in [3.8, 4) is 17.6 Å². The number of esters is 1. The molecule has 8 nitrogen and oxygen atoms in total. The van der Waals surface area contributed by atoms with E-state index in [1.807, 2.05) is 6.07 Å². The first kappa shape index (κ1) is 23.6. The van der Waals surface area contributed by atoms with Crippen LogP contribution in [0.15, 0.2) is 47.5 Å². The summed E-state index contributed by atoms with van der Waals surface area (Å²) in [7, 11) is 0. The van der Waals surface area contributed by atoms with Crippen LogP contribution in [0.3, 0.4) is 0 Å². The van der Waals surface area contributed by atoms with Crippen molar-refractivity contribution in [1.29, 1.82) is 5.26 Å². The van der Waals surface area contributed by atoms with E-state index < -0.39 is 23.8 Å². The van der Waals surface area contributed by atoms with Crippen molar-refractivity contribution >= 4 is 17.7 Å². The van der Waals surface area contributed by atoms with Gasteiger partial charge in [-0.05, 0) is 36.8 Å². The molecule has 2 aromatic rings. The second-order valence-electron chi connectivity index (χ2n) is 6.85. The summed E-state index contributed by atoms with van der Waals surface area (Å²) in [6.07, 6.45) is -4.42. The second kappa shape index (κ2) is 10.5. The third kappa shape index (κ3) is 6.46. The number of alkyl halides is 3. The number of hydrogen-bond donors (Lipinski definition) is 2. The number of carbonyl (C=O) groups is 2. The van der Waals surface area contributed by atoms with E-state index >= 15 is 0 Å². The molecule has 0 radical (unpaired) electrons. The third-order valence-corrected chi connectivity index (χ3v) is 4.45. The number of halogens is 3. The fourth-order valence-electron chi connectivity index (χ4n) is 2.91. The standard InChI is InChI=1S/C22H19F3N4O4/c23-22(24,25)21(31)33-18-12-15(19-27-7-2-8-28-19)5-6-17(18)20(30)29-9-10-32-16-4-1-3-14(11-16)13-26/h1,3-6,11-12H,2,7-10H2,(H,27,28)(H,29,30). The molecule has 33 heavy (non-hydrogen) atoms. The number of ether oxygens (including phenoxy) is 2. The van der Waals surface area contributed by atoms with Crippen LogP contribution >= 0.6 is 0 Å². The van der Waals surface area contributed by atoms with Gasteiger partial charge in [-0.2, -0.15) is 18.4 Å². The van der Waals surface area contributed by atoms with Crippen LogP contribution in [-0.2, 0) is 4.79 Å². The van der Waals surface area contributed by atoms with Crippen molar-refractivity contribution in [1.82, 2.24) is 10.6 Å². The maximum Gasteiger partial charge on any atom is 0.491 e. The number of benzene rings is 2. The van der Waals surface area contributed by atoms with Crippen molar-refractivity contribution in [2.24, 2.45) is 4.99 Å². The van der Waals surface area contributed by atoms with Crippen LogP contribution in [0.5, 0.6) is 11.5 Å². The number of hydrogen-bond acceptors (Lipinski definition) is 7. The van der Waals surface area contributed by atoms with Crippen LogP contribution in [0, 0.1) is 11.3 Å². The van der Waals surface area contributed by atoms with Crippen molar-refractivity contribution in [3.63, 3.8) is 0 Å². The van der Waals surface area contributed by atoms with Crippen LogP contribution < -0.4 is 20.1 Å². The minimum absolute atomic E-state index is 0.0122. The number of amides is 1. The Bertz CT molecular complexity index is 1110. The smallest absolute Gasteiger partial charge is 0.491 e. The molecule has 0 aliphatic carbocycles. The van der Waals surface area contributed by atoms with Crippen LogP contribution in [-0.4, -0.2) is 50.1 Å². The van der Waals surface area contributed by atoms with E-state index in [9.17, 15) is 22.8 Å². The predicted molar refractivity (Wildman–Crippen MR) is 111 cm³/mol. The maximum atomic E-state index is 12.7. The minimum Gasteiger partial charge on any atom is -0.492 e. The fourth-order valence-corrected chi connectivity index (χ4v) is 2.91. The molecule has 0 saturated carbocycles. The van der Waals surface area contributed by atoms with Gasteiger partial charge in [-0.1, -0.05) is 12.1 Å². The first-order valence-corrected chi connectivity index (χ1v) is 9.91. The Morgan fingerprint density at radius 2 is 2.03 bits per heavy atom. The van der Waals surface area contributed by atoms with Gasteiger partial charge in [0.1, 0.15) is 23.9 Å². The topological polar surface area (TPSA) is 113 Å². The highest BCUT2D eigenvalue weighted by Gasteiger charge is 2.42. The number of carbonyl (C=O) groups excluding carboxylic acids is 2. The Labute approximate surface area is 187 Å². The van der Waals surface area contributed by atoms with Gasteiger partial charge in [0.05, 0.1) is 23.7 Å². The molecule has 0 bridgehead atoms. The fraction of sp³-hybridized carbons (Fsp3) is 0.273. The number of aliphatic imine (C=N–C) groups is 1. The van der Waals surface area contributed by atoms with Gasteiger partial charge >= 0.3 is 12.1 Å². The highest BCUT2D eigenvalue weighted by Crippen LogP contribution is 2.25. The second-order valence-corrected chi connectivity index (χ2v) is 6.85. The van der Waals surface area contributed by atoms with E-state index in [-0.39, 0.29) is 18.7 Å². The van der Waals surface area contributed by atoms with Gasteiger partial charge in [0.2, 0.25) is 0 Å². The highest BCUT2D eigenvalue weighted by atomic mass is 19.4. The average Bonchev–Trinajstić information content (AvgIpc) is 2.81. The van der Waals surface area contributed by atoms with Crippen molar-refractivity contribution in [2.75, 3.05) is 26.2 Å². The molecule has 0 saturated heterocycles. The van der Waals surface area contributed by atoms with E-state index in [1.54, 1.807) is 18.2 Å². The molecular weight excluding hydrogens is 441 g/mol. The van der Waals surface area contributed by atoms with Crippen LogP contribution in [0.2, 0.25) is 0 Å². The van der Waals surface area contributed by atoms with Crippen molar-refractivity contribution in [3.05, 3.63) is 59.2 Å². The zero-order valence-electron chi connectivity index (χ0n) is 17.2. The zero-order chi connectivity index (χ0) is 23.8. The summed E-state index contributed by atoms with van der Waals surface area (Å²) in [5.41, 5.74) is 0.543. The molecule has 0 atom stereocenters. The summed E-state index contributed by atoms with van der Waals surface area (Å²) in [5.74, 6) is -2.86. The normalized spacial score (nSPS) is 13.2. The Kier molecular flexibility index (Phi) is 7.50. The third-order valence-electron chi connectivity index (χ3n) is 4.45. The molecule has 1 heterocycles. The number of nitriles is 1. The Hall–Kier alpha value is -4.07. The quantitative estimate of drug-likeness (QED) is 0.373. The van der Waals surface area contributed by atoms with Gasteiger partial charge in [-0.15, -0.1) is 0 Å². The summed E-state index contributed by atoms with van der Waals surface area (Å²) in [4.78, 5) is 28.2. The molecule has 1 aliphatic heterocycles. The molecule has 0 aromatic heterocycles. The molecule has 2 aromatic carbocycles. The lowest BCUT2D eigenvalue weighted by molar-refractivity contribution is -0.189. The van der Waals surface area contributed by atoms with Crippen LogP contribution in [0.25, 0.3) is 0 Å². The lowest BCUT2D eigenvalue weighted by Crippen LogP contribution is -2.32. The Morgan fingerprint density at radius 3 is 2.73 bits per heavy atom. The SMILES string of the molecule is N#Cc1cccc(OCCNC(=O)c2ccc(C3=NCCCN3)cc2OC(=O)C(F)(F)F)c1. The number of amidine groups is 1. The molecule has 3 rings (SSSR count). The van der Waals surface area contributed by atoms with Crippen LogP contribution in [0.4, 0.5) is 13.2 Å². The summed E-state index contributed by atoms with van der Waals surface area (Å²) in [5, 5.41) is 14.4. The summed E-state index contributed by atoms with van der Waals surface area (Å²) in [6, 6.07) is 12.3. The molecule has 0 spiro atoms. The Balaban J connectivity index is 1.71. The van der Waals surface area contributed by atoms with Crippen molar-refractivity contribution in [2.45, 2.75) is 12.6 Å². The number of rotatable bonds is 7. The van der Waals surface area contributed by atoms with Gasteiger partial charge in [0.15, 0.2) is 0 Å². The lowest BCUT2D eigenvalue weighted by atomic mass is 10.1. The summed E-state index contributed by atoms with van der Waals surface area (Å²) < 4.78 is 48.2. The molecule has 172 valence electrons. The van der Waals surface area contributed by atoms with E-state index in [1.165, 1.54) is 24.3 Å². The van der Waals surface area contributed by atoms with Gasteiger partial charge < -0.3 is 20.1 Å². The molecule has 0 unspecified atom stereocenters. The highest BCUT2D eigenvalue weighted by molar-refractivity contribution is 6.03. The first-order chi connectivity index (χ1) is 15.8. The largest absolute Gasteiger partial charge is 0.492 e. The summed E-state index contributed by atoms with van der Waals surface area (Å²) >= 11 is 0. The molecular formula is C22H19F3N4O4. The van der Waals surface area contributed by atoms with Crippen molar-refractivity contribution < 1.29 is 32.2 Å². The van der Waals surface area contributed by atoms with Gasteiger partial charge in [0.25, 0.3) is 5.91 Å². The zero-order valence-corrected chi connectivity index (χ0v) is 17.2. The minimum atomic E-state index is -5.23. The van der Waals surface area contributed by atoms with Crippen LogP contribution in [0.1, 0.15) is 27.9 Å². The molecule has 0 fully saturated rings. The summed E-state index contributed by atoms with van der Waals surface area (Å²) in [6.45, 7) is 1.23. The molecule has 2 N–H and O–H groups in total. The van der Waals surface area contributed by atoms with E-state index in [0.717, 1.165) is 6.42 Å². The Morgan fingerprint density at radius 1 is 1.21 bits per heavy atom. The first-order valence-electron chi connectivity index (χ1n) is 9.91. The average molecular weight is 460 g/mol. The molecule has 1 aliphatic rings. The number of nitrogens with zero attached hydrogens (tertiary/aromatic N) is 2. The van der Waals surface area contributed by atoms with Gasteiger partial charge in [-0.25, -0.2) is 4.79 Å². The molecule has 11 heteroatoms. The van der Waals surface area contributed by atoms with E-state index in [2.05, 4.69) is 20.4 Å². The van der Waals surface area contributed by atoms with E-state index in [0.29, 0.717) is 35.8 Å². The molecule has 1 amide bonds. The van der Waals surface area contributed by atoms with Gasteiger partial charge in [0, 0.05) is 18.7 Å². The monoisotopic (exact) mass is 460 g/mol. The number of nitrogens with one attached hydrogen (secondary N) is 2. The van der Waals surface area contributed by atoms with Gasteiger partial charge in [-0.3, -0.25) is 9.79 Å². The lowest BCUT2D eigenvalue weighted by Gasteiger charge is -2.17. The predicted octanol–water partition coefficient (Wildman–Crippen LogP) is 2.57. The maximum absolute atomic E-state index is 12.7. The van der Waals surface area contributed by atoms with E-state index in [4.69, 9.17) is 10.00 Å².